The zero-order chi connectivity index (χ0) is 24.2. The minimum absolute atomic E-state index is 0.0759. The number of pyridine rings is 1. The van der Waals surface area contributed by atoms with E-state index < -0.39 is 17.9 Å². The van der Waals surface area contributed by atoms with E-state index in [0.717, 1.165) is 5.56 Å². The molecule has 1 aliphatic heterocycles. The highest BCUT2D eigenvalue weighted by Crippen LogP contribution is 2.28. The van der Waals surface area contributed by atoms with E-state index in [1.165, 1.54) is 17.0 Å². The monoisotopic (exact) mass is 462 g/mol. The van der Waals surface area contributed by atoms with Crippen molar-refractivity contribution in [3.63, 3.8) is 0 Å². The van der Waals surface area contributed by atoms with Gasteiger partial charge in [-0.3, -0.25) is 19.6 Å². The van der Waals surface area contributed by atoms with Gasteiger partial charge < -0.3 is 10.1 Å². The standard InChI is InChI=1S/C24H23FN6O3/c1-14(2)4-9-17-10-11-19-22(26-17)31(3)24(33)18(13-34-19)27-23(32)21-28-20(29-30-21)12-15-5-7-16(25)8-6-15/h5-8,10-11,14,18H,12-13H2,1-3H3,(H,27,32)(H,28,29,30)/t18-/m0/s1. The molecule has 9 nitrogen and oxygen atoms in total. The zero-order valence-corrected chi connectivity index (χ0v) is 18.9. The zero-order valence-electron chi connectivity index (χ0n) is 18.9. The van der Waals surface area contributed by atoms with Gasteiger partial charge in [-0.15, -0.1) is 5.10 Å². The number of halogens is 1. The SMILES string of the molecule is CC(C)C#Cc1ccc2c(n1)N(C)C(=O)[C@@H](NC(=O)c1n[nH]c(Cc3ccc(F)cc3)n1)CO2. The van der Waals surface area contributed by atoms with Crippen molar-refractivity contribution in [2.24, 2.45) is 5.92 Å². The van der Waals surface area contributed by atoms with Crippen LogP contribution in [0.5, 0.6) is 5.75 Å². The summed E-state index contributed by atoms with van der Waals surface area (Å²) in [5.41, 5.74) is 1.33. The molecule has 0 saturated heterocycles. The van der Waals surface area contributed by atoms with Crippen LogP contribution in [0.15, 0.2) is 36.4 Å². The van der Waals surface area contributed by atoms with Crippen LogP contribution in [0.1, 0.15) is 41.5 Å². The lowest BCUT2D eigenvalue weighted by Gasteiger charge is -2.19. The van der Waals surface area contributed by atoms with Gasteiger partial charge in [0.2, 0.25) is 5.82 Å². The molecule has 34 heavy (non-hydrogen) atoms. The average molecular weight is 462 g/mol. The lowest BCUT2D eigenvalue weighted by molar-refractivity contribution is -0.120. The molecular weight excluding hydrogens is 439 g/mol. The van der Waals surface area contributed by atoms with Gasteiger partial charge in [0.05, 0.1) is 0 Å². The molecule has 0 bridgehead atoms. The van der Waals surface area contributed by atoms with Crippen LogP contribution in [0.3, 0.4) is 0 Å². The molecule has 3 heterocycles. The third kappa shape index (κ3) is 5.20. The number of rotatable bonds is 4. The van der Waals surface area contributed by atoms with Crippen molar-refractivity contribution in [1.29, 1.82) is 0 Å². The maximum atomic E-state index is 13.1. The molecule has 0 unspecified atom stereocenters. The van der Waals surface area contributed by atoms with Crippen LogP contribution in [-0.4, -0.2) is 51.7 Å². The highest BCUT2D eigenvalue weighted by atomic mass is 19.1. The van der Waals surface area contributed by atoms with E-state index in [0.29, 0.717) is 29.5 Å². The summed E-state index contributed by atoms with van der Waals surface area (Å²) in [6, 6.07) is 8.41. The van der Waals surface area contributed by atoms with E-state index in [9.17, 15) is 14.0 Å². The number of hydrogen-bond donors (Lipinski definition) is 2. The Balaban J connectivity index is 1.44. The van der Waals surface area contributed by atoms with E-state index in [1.54, 1.807) is 31.3 Å². The molecule has 3 aromatic rings. The molecule has 0 fully saturated rings. The molecule has 1 aromatic carbocycles. The van der Waals surface area contributed by atoms with Gasteiger partial charge in [0.25, 0.3) is 11.8 Å². The molecule has 0 saturated carbocycles. The number of carbonyl (C=O) groups is 2. The van der Waals surface area contributed by atoms with Gasteiger partial charge in [-0.25, -0.2) is 14.4 Å². The Bertz CT molecular complexity index is 1280. The topological polar surface area (TPSA) is 113 Å². The van der Waals surface area contributed by atoms with Crippen molar-refractivity contribution in [1.82, 2.24) is 25.5 Å². The maximum Gasteiger partial charge on any atom is 0.291 e. The third-order valence-corrected chi connectivity index (χ3v) is 5.01. The van der Waals surface area contributed by atoms with Crippen LogP contribution in [0, 0.1) is 23.6 Å². The number of carbonyl (C=O) groups excluding carboxylic acids is 2. The number of anilines is 1. The molecule has 0 aliphatic carbocycles. The Hall–Kier alpha value is -4.26. The largest absolute Gasteiger partial charge is 0.487 e. The Labute approximate surface area is 195 Å². The summed E-state index contributed by atoms with van der Waals surface area (Å²) in [7, 11) is 1.56. The maximum absolute atomic E-state index is 13.1. The minimum atomic E-state index is -0.962. The second kappa shape index (κ2) is 9.70. The number of likely N-dealkylation sites (N-methyl/N-ethyl adjacent to an activating group) is 1. The van der Waals surface area contributed by atoms with Gasteiger partial charge in [0, 0.05) is 19.4 Å². The Morgan fingerprint density at radius 1 is 1.26 bits per heavy atom. The highest BCUT2D eigenvalue weighted by molar-refractivity contribution is 6.01. The van der Waals surface area contributed by atoms with Crippen molar-refractivity contribution in [2.75, 3.05) is 18.6 Å². The number of amides is 2. The van der Waals surface area contributed by atoms with E-state index in [-0.39, 0.29) is 24.2 Å². The van der Waals surface area contributed by atoms with Crippen molar-refractivity contribution in [2.45, 2.75) is 26.3 Å². The highest BCUT2D eigenvalue weighted by Gasteiger charge is 2.32. The molecule has 1 atom stereocenters. The quantitative estimate of drug-likeness (QED) is 0.574. The van der Waals surface area contributed by atoms with Crippen LogP contribution in [0.25, 0.3) is 0 Å². The van der Waals surface area contributed by atoms with Gasteiger partial charge in [-0.05, 0) is 35.7 Å². The number of nitrogens with zero attached hydrogens (tertiary/aromatic N) is 4. The molecule has 1 aliphatic rings. The number of aromatic nitrogens is 4. The fraction of sp³-hybridized carbons (Fsp3) is 0.292. The van der Waals surface area contributed by atoms with Crippen molar-refractivity contribution in [3.8, 4) is 17.6 Å². The van der Waals surface area contributed by atoms with Crippen LogP contribution < -0.4 is 15.0 Å². The van der Waals surface area contributed by atoms with E-state index in [1.807, 2.05) is 13.8 Å². The Kier molecular flexibility index (Phi) is 6.54. The van der Waals surface area contributed by atoms with Crippen molar-refractivity contribution in [3.05, 3.63) is 65.1 Å². The lowest BCUT2D eigenvalue weighted by Crippen LogP contribution is -2.49. The van der Waals surface area contributed by atoms with Crippen LogP contribution in [-0.2, 0) is 11.2 Å². The summed E-state index contributed by atoms with van der Waals surface area (Å²) in [4.78, 5) is 35.7. The van der Waals surface area contributed by atoms with Crippen molar-refractivity contribution < 1.29 is 18.7 Å². The van der Waals surface area contributed by atoms with Crippen LogP contribution >= 0.6 is 0 Å². The lowest BCUT2D eigenvalue weighted by atomic mass is 10.1. The van der Waals surface area contributed by atoms with Crippen LogP contribution in [0.4, 0.5) is 10.2 Å². The smallest absolute Gasteiger partial charge is 0.291 e. The van der Waals surface area contributed by atoms with E-state index in [4.69, 9.17) is 4.74 Å². The molecule has 4 rings (SSSR count). The number of hydrogen-bond acceptors (Lipinski definition) is 6. The predicted octanol–water partition coefficient (Wildman–Crippen LogP) is 2.09. The number of nitrogens with one attached hydrogen (secondary N) is 2. The average Bonchev–Trinajstić information content (AvgIpc) is 3.25. The summed E-state index contributed by atoms with van der Waals surface area (Å²) in [6.07, 6.45) is 0.345. The molecule has 2 N–H and O–H groups in total. The normalized spacial score (nSPS) is 15.1. The molecule has 0 spiro atoms. The minimum Gasteiger partial charge on any atom is -0.487 e. The summed E-state index contributed by atoms with van der Waals surface area (Å²) in [5, 5.41) is 9.25. The molecule has 10 heteroatoms. The molecule has 174 valence electrons. The number of aromatic amines is 1. The summed E-state index contributed by atoms with van der Waals surface area (Å²) in [6.45, 7) is 3.87. The summed E-state index contributed by atoms with van der Waals surface area (Å²) in [5.74, 6) is 5.91. The van der Waals surface area contributed by atoms with Gasteiger partial charge in [0.1, 0.15) is 30.0 Å². The second-order valence-corrected chi connectivity index (χ2v) is 8.09. The van der Waals surface area contributed by atoms with Gasteiger partial charge in [0.15, 0.2) is 11.6 Å². The first-order valence-electron chi connectivity index (χ1n) is 10.7. The number of benzene rings is 1. The van der Waals surface area contributed by atoms with E-state index in [2.05, 4.69) is 37.3 Å². The first-order valence-corrected chi connectivity index (χ1v) is 10.7. The number of ether oxygens (including phenoxy) is 1. The molecule has 2 amide bonds. The molecular formula is C24H23FN6O3. The predicted molar refractivity (Wildman–Crippen MR) is 122 cm³/mol. The third-order valence-electron chi connectivity index (χ3n) is 5.01. The first kappa shape index (κ1) is 22.9. The Morgan fingerprint density at radius 2 is 2.03 bits per heavy atom. The Morgan fingerprint density at radius 3 is 2.76 bits per heavy atom. The number of H-pyrrole nitrogens is 1. The molecule has 0 radical (unpaired) electrons. The van der Waals surface area contributed by atoms with Crippen LogP contribution in [0.2, 0.25) is 0 Å². The van der Waals surface area contributed by atoms with Gasteiger partial charge in [-0.2, -0.15) is 0 Å². The number of fused-ring (bicyclic) bond motifs is 1. The fourth-order valence-electron chi connectivity index (χ4n) is 3.26. The summed E-state index contributed by atoms with van der Waals surface area (Å²) < 4.78 is 18.8. The van der Waals surface area contributed by atoms with Crippen molar-refractivity contribution >= 4 is 17.6 Å². The van der Waals surface area contributed by atoms with E-state index >= 15 is 0 Å². The molecule has 2 aromatic heterocycles. The van der Waals surface area contributed by atoms with Gasteiger partial charge >= 0.3 is 0 Å². The fourth-order valence-corrected chi connectivity index (χ4v) is 3.26. The van der Waals surface area contributed by atoms with Gasteiger partial charge in [-0.1, -0.05) is 31.9 Å². The first-order chi connectivity index (χ1) is 16.3. The summed E-state index contributed by atoms with van der Waals surface area (Å²) >= 11 is 0. The second-order valence-electron chi connectivity index (χ2n) is 8.09.